The Kier molecular flexibility index (Phi) is 9.83. The Morgan fingerprint density at radius 3 is 2.03 bits per heavy atom. The minimum absolute atomic E-state index is 0.0767. The Hall–Kier alpha value is -1.12. The summed E-state index contributed by atoms with van der Waals surface area (Å²) in [5.41, 5.74) is 2.09. The van der Waals surface area contributed by atoms with E-state index >= 15 is 0 Å². The van der Waals surface area contributed by atoms with Crippen molar-refractivity contribution in [1.29, 1.82) is 0 Å². The molecule has 0 radical (unpaired) electrons. The predicted molar refractivity (Wildman–Crippen MR) is 138 cm³/mol. The summed E-state index contributed by atoms with van der Waals surface area (Å²) in [5, 5.41) is -0.0767. The molecule has 0 saturated carbocycles. The van der Waals surface area contributed by atoms with Crippen molar-refractivity contribution in [3.05, 3.63) is 65.7 Å². The summed E-state index contributed by atoms with van der Waals surface area (Å²) < 4.78 is 47.6. The second-order valence-corrected chi connectivity index (χ2v) is 18.0. The highest BCUT2D eigenvalue weighted by Crippen LogP contribution is 2.53. The Bertz CT molecular complexity index is 955. The minimum atomic E-state index is -3.71. The molecule has 0 aliphatic carbocycles. The minimum Gasteiger partial charge on any atom is -0.411 e. The molecule has 2 aromatic rings. The molecule has 0 aliphatic heterocycles. The lowest BCUT2D eigenvalue weighted by molar-refractivity contribution is 0.150. The average molecular weight is 512 g/mol. The molecule has 0 saturated heterocycles. The number of hydrogen-bond donors (Lipinski definition) is 1. The smallest absolute Gasteiger partial charge is 0.350 e. The third kappa shape index (κ3) is 7.43. The lowest BCUT2D eigenvalue weighted by Crippen LogP contribution is -2.51. The van der Waals surface area contributed by atoms with Gasteiger partial charge in [0.15, 0.2) is 8.32 Å². The summed E-state index contributed by atoms with van der Waals surface area (Å²) in [6.07, 6.45) is -0.124. The van der Waals surface area contributed by atoms with Crippen LogP contribution < -0.4 is 4.72 Å². The van der Waals surface area contributed by atoms with Gasteiger partial charge in [-0.3, -0.25) is 4.57 Å². The fraction of sp³-hybridized carbons (Fsp3) is 0.500. The van der Waals surface area contributed by atoms with Crippen molar-refractivity contribution >= 4 is 26.9 Å². The second kappa shape index (κ2) is 11.5. The first kappa shape index (κ1) is 28.1. The molecule has 33 heavy (non-hydrogen) atoms. The topological polar surface area (TPSA) is 73.9 Å². The molecule has 0 spiro atoms. The first-order valence-electron chi connectivity index (χ1n) is 11.0. The van der Waals surface area contributed by atoms with E-state index in [2.05, 4.69) is 38.6 Å². The fourth-order valence-corrected chi connectivity index (χ4v) is 7.42. The quantitative estimate of drug-likeness (QED) is 0.294. The van der Waals surface area contributed by atoms with Gasteiger partial charge < -0.3 is 13.5 Å². The van der Waals surface area contributed by atoms with Gasteiger partial charge in [-0.25, -0.2) is 8.93 Å². The van der Waals surface area contributed by atoms with Crippen LogP contribution in [0.3, 0.4) is 0 Å². The van der Waals surface area contributed by atoms with Crippen LogP contribution in [0.15, 0.2) is 59.5 Å². The maximum absolute atomic E-state index is 13.7. The maximum atomic E-state index is 13.7. The van der Waals surface area contributed by atoms with Gasteiger partial charge in [0.2, 0.25) is 0 Å². The van der Waals surface area contributed by atoms with Gasteiger partial charge in [0.25, 0.3) is 0 Å². The zero-order chi connectivity index (χ0) is 24.9. The molecule has 0 amide bonds. The molecule has 1 unspecified atom stereocenters. The van der Waals surface area contributed by atoms with Crippen molar-refractivity contribution in [3.8, 4) is 0 Å². The van der Waals surface area contributed by atoms with Gasteiger partial charge in [-0.05, 0) is 49.2 Å². The van der Waals surface area contributed by atoms with Crippen molar-refractivity contribution in [3.63, 3.8) is 0 Å². The Labute approximate surface area is 202 Å². The molecule has 0 bridgehead atoms. The van der Waals surface area contributed by atoms with Crippen molar-refractivity contribution in [2.45, 2.75) is 69.0 Å². The van der Waals surface area contributed by atoms with Gasteiger partial charge in [0.1, 0.15) is 16.8 Å². The molecule has 3 atom stereocenters. The van der Waals surface area contributed by atoms with E-state index in [1.807, 2.05) is 49.4 Å². The Balaban J connectivity index is 2.51. The highest BCUT2D eigenvalue weighted by molar-refractivity contribution is 7.83. The fourth-order valence-electron chi connectivity index (χ4n) is 3.10. The lowest BCUT2D eigenvalue weighted by Gasteiger charge is -2.42. The van der Waals surface area contributed by atoms with Crippen LogP contribution in [0.4, 0.5) is 0 Å². The average Bonchev–Trinajstić information content (AvgIpc) is 2.76. The first-order valence-corrected chi connectivity index (χ1v) is 16.7. The molecular weight excluding hydrogens is 473 g/mol. The Morgan fingerprint density at radius 2 is 1.55 bits per heavy atom. The van der Waals surface area contributed by atoms with E-state index in [1.165, 1.54) is 14.2 Å². The third-order valence-electron chi connectivity index (χ3n) is 6.20. The summed E-state index contributed by atoms with van der Waals surface area (Å²) in [5.74, 6) is -0.941. The van der Waals surface area contributed by atoms with Gasteiger partial charge in [-0.2, -0.15) is 0 Å². The van der Waals surface area contributed by atoms with Crippen molar-refractivity contribution in [2.24, 2.45) is 0 Å². The molecular formula is C24H38NO5PSSi. The van der Waals surface area contributed by atoms with E-state index in [0.29, 0.717) is 11.3 Å². The molecule has 184 valence electrons. The van der Waals surface area contributed by atoms with Gasteiger partial charge in [-0.15, -0.1) is 0 Å². The van der Waals surface area contributed by atoms with Crippen LogP contribution in [0.25, 0.3) is 0 Å². The predicted octanol–water partition coefficient (Wildman–Crippen LogP) is 6.05. The highest BCUT2D eigenvalue weighted by atomic mass is 32.2. The number of rotatable bonds is 11. The molecule has 6 nitrogen and oxygen atoms in total. The molecule has 1 N–H and O–H groups in total. The van der Waals surface area contributed by atoms with E-state index in [-0.39, 0.29) is 5.04 Å². The molecule has 0 heterocycles. The van der Waals surface area contributed by atoms with Crippen LogP contribution in [-0.2, 0) is 35.4 Å². The zero-order valence-corrected chi connectivity index (χ0v) is 23.7. The maximum Gasteiger partial charge on any atom is 0.350 e. The monoisotopic (exact) mass is 511 g/mol. The van der Waals surface area contributed by atoms with Crippen LogP contribution in [0, 0.1) is 6.92 Å². The molecule has 0 aromatic heterocycles. The number of aryl methyl sites for hydroxylation is 1. The number of hydrogen-bond acceptors (Lipinski definition) is 5. The van der Waals surface area contributed by atoms with Crippen LogP contribution in [0.5, 0.6) is 0 Å². The van der Waals surface area contributed by atoms with E-state index in [4.69, 9.17) is 13.5 Å². The van der Waals surface area contributed by atoms with Crippen LogP contribution in [0.2, 0.25) is 18.1 Å². The van der Waals surface area contributed by atoms with Crippen LogP contribution in [0.1, 0.15) is 31.9 Å². The van der Waals surface area contributed by atoms with E-state index in [9.17, 15) is 8.77 Å². The number of nitrogens with one attached hydrogen (secondary N) is 1. The van der Waals surface area contributed by atoms with E-state index in [1.54, 1.807) is 12.1 Å². The normalized spacial score (nSPS) is 15.8. The van der Waals surface area contributed by atoms with Gasteiger partial charge in [0.05, 0.1) is 11.0 Å². The van der Waals surface area contributed by atoms with Gasteiger partial charge in [0, 0.05) is 14.2 Å². The van der Waals surface area contributed by atoms with Crippen molar-refractivity contribution in [2.75, 3.05) is 14.2 Å². The molecule has 0 fully saturated rings. The third-order valence-corrected chi connectivity index (χ3v) is 14.2. The summed E-state index contributed by atoms with van der Waals surface area (Å²) in [6.45, 7) is 12.7. The summed E-state index contributed by atoms with van der Waals surface area (Å²) >= 11 is 0. The van der Waals surface area contributed by atoms with E-state index < -0.39 is 38.8 Å². The van der Waals surface area contributed by atoms with Crippen molar-refractivity contribution in [1.82, 2.24) is 4.72 Å². The first-order chi connectivity index (χ1) is 15.3. The van der Waals surface area contributed by atoms with Crippen LogP contribution >= 0.6 is 7.60 Å². The second-order valence-electron chi connectivity index (χ2n) is 9.66. The molecule has 9 heteroatoms. The standard InChI is InChI=1S/C24H38NO5PSSi/c1-19-14-16-21(17-15-19)32(27)25-23(31(26,28-5)29-6)22(18-20-12-10-9-11-13-20)30-33(7,8)24(2,3)4/h9-17,22-23,25H,18H2,1-8H3/t22-,23+,32?/m0/s1. The van der Waals surface area contributed by atoms with Gasteiger partial charge >= 0.3 is 7.60 Å². The lowest BCUT2D eigenvalue weighted by atomic mass is 10.1. The summed E-state index contributed by atoms with van der Waals surface area (Å²) in [7, 11) is -4.96. The summed E-state index contributed by atoms with van der Waals surface area (Å²) in [6, 6.07) is 17.2. The zero-order valence-electron chi connectivity index (χ0n) is 21.0. The number of benzene rings is 2. The van der Waals surface area contributed by atoms with Gasteiger partial charge in [-0.1, -0.05) is 68.8 Å². The van der Waals surface area contributed by atoms with Crippen molar-refractivity contribution < 1.29 is 22.2 Å². The molecule has 2 rings (SSSR count). The van der Waals surface area contributed by atoms with Crippen LogP contribution in [-0.4, -0.2) is 38.6 Å². The Morgan fingerprint density at radius 1 is 1.00 bits per heavy atom. The molecule has 2 aromatic carbocycles. The molecule has 0 aliphatic rings. The largest absolute Gasteiger partial charge is 0.411 e. The highest BCUT2D eigenvalue weighted by Gasteiger charge is 2.47. The summed E-state index contributed by atoms with van der Waals surface area (Å²) in [4.78, 5) is 0.579. The SMILES string of the molecule is COP(=O)(OC)[C@@H](NS(=O)c1ccc(C)cc1)[C@H](Cc1ccccc1)O[Si](C)(C)C(C)(C)C. The van der Waals surface area contributed by atoms with E-state index in [0.717, 1.165) is 11.1 Å².